The van der Waals surface area contributed by atoms with Crippen molar-refractivity contribution >= 4 is 17.3 Å². The van der Waals surface area contributed by atoms with E-state index in [-0.39, 0.29) is 11.5 Å². The van der Waals surface area contributed by atoms with E-state index < -0.39 is 0 Å². The Morgan fingerprint density at radius 2 is 1.68 bits per heavy atom. The van der Waals surface area contributed by atoms with Gasteiger partial charge in [0.1, 0.15) is 17.7 Å². The van der Waals surface area contributed by atoms with Gasteiger partial charge in [-0.2, -0.15) is 5.26 Å². The van der Waals surface area contributed by atoms with Gasteiger partial charge in [0.25, 0.3) is 0 Å². The first-order chi connectivity index (χ1) is 13.7. The molecule has 5 nitrogen and oxygen atoms in total. The van der Waals surface area contributed by atoms with Crippen molar-refractivity contribution in [1.82, 2.24) is 4.98 Å². The highest BCUT2D eigenvalue weighted by molar-refractivity contribution is 5.93. The van der Waals surface area contributed by atoms with Crippen molar-refractivity contribution in [1.29, 1.82) is 5.26 Å². The summed E-state index contributed by atoms with van der Waals surface area (Å²) in [7, 11) is 0. The molecule has 0 unspecified atom stereocenters. The summed E-state index contributed by atoms with van der Waals surface area (Å²) in [5, 5.41) is 9.96. The van der Waals surface area contributed by atoms with Gasteiger partial charge in [-0.15, -0.1) is 0 Å². The molecule has 4 rings (SSSR count). The highest BCUT2D eigenvalue weighted by Crippen LogP contribution is 2.42. The van der Waals surface area contributed by atoms with Gasteiger partial charge >= 0.3 is 0 Å². The number of pyridine rings is 1. The Morgan fingerprint density at radius 1 is 1.00 bits per heavy atom. The Kier molecular flexibility index (Phi) is 4.66. The lowest BCUT2D eigenvalue weighted by molar-refractivity contribution is 0.937. The fourth-order valence-electron chi connectivity index (χ4n) is 3.72. The van der Waals surface area contributed by atoms with E-state index in [1.165, 1.54) is 0 Å². The number of nitriles is 1. The van der Waals surface area contributed by atoms with Crippen LogP contribution in [-0.2, 0) is 0 Å². The van der Waals surface area contributed by atoms with Crippen molar-refractivity contribution in [3.05, 3.63) is 71.6 Å². The number of rotatable bonds is 3. The number of hydrogen-bond acceptors (Lipinski definition) is 4. The topological polar surface area (TPSA) is 70.3 Å². The second-order valence-corrected chi connectivity index (χ2v) is 6.78. The molecule has 1 aliphatic rings. The lowest BCUT2D eigenvalue weighted by Crippen LogP contribution is -2.21. The number of nitrogens with two attached hydrogens (primary N) is 1. The zero-order chi connectivity index (χ0) is 19.5. The van der Waals surface area contributed by atoms with Crippen molar-refractivity contribution in [3.63, 3.8) is 0 Å². The predicted octanol–water partition coefficient (Wildman–Crippen LogP) is 5.02. The van der Waals surface area contributed by atoms with Crippen LogP contribution < -0.4 is 10.6 Å². The smallest absolute Gasteiger partial charge is 0.237 e. The fraction of sp³-hybridized carbons (Fsp3) is 0.174. The van der Waals surface area contributed by atoms with Crippen LogP contribution in [-0.4, -0.2) is 18.1 Å². The zero-order valence-electron chi connectivity index (χ0n) is 15.4. The second kappa shape index (κ2) is 7.42. The molecule has 1 fully saturated rings. The molecule has 2 aromatic carbocycles. The second-order valence-electron chi connectivity index (χ2n) is 6.78. The molecular weight excluding hydrogens is 346 g/mol. The SMILES string of the molecule is [C-]#[N+]c1c(N)nc(N2CCCC2)c(C#N)c1-c1cccc(-c2ccccc2)c1. The van der Waals surface area contributed by atoms with E-state index in [2.05, 4.69) is 20.8 Å². The van der Waals surface area contributed by atoms with E-state index in [4.69, 9.17) is 12.3 Å². The highest BCUT2D eigenvalue weighted by atomic mass is 15.2. The van der Waals surface area contributed by atoms with Gasteiger partial charge in [0, 0.05) is 18.7 Å². The maximum absolute atomic E-state index is 9.96. The first kappa shape index (κ1) is 17.6. The van der Waals surface area contributed by atoms with Crippen molar-refractivity contribution < 1.29 is 0 Å². The van der Waals surface area contributed by atoms with E-state index >= 15 is 0 Å². The normalized spacial score (nSPS) is 13.1. The Morgan fingerprint density at radius 3 is 2.36 bits per heavy atom. The molecule has 28 heavy (non-hydrogen) atoms. The molecule has 1 aromatic heterocycles. The molecule has 5 heteroatoms. The molecule has 0 radical (unpaired) electrons. The van der Waals surface area contributed by atoms with Crippen LogP contribution in [0.15, 0.2) is 54.6 Å². The van der Waals surface area contributed by atoms with Crippen LogP contribution in [0.3, 0.4) is 0 Å². The molecule has 2 heterocycles. The van der Waals surface area contributed by atoms with Gasteiger partial charge in [0.15, 0.2) is 0 Å². The van der Waals surface area contributed by atoms with Crippen LogP contribution >= 0.6 is 0 Å². The summed E-state index contributed by atoms with van der Waals surface area (Å²) in [6.45, 7) is 9.32. The number of hydrogen-bond donors (Lipinski definition) is 1. The summed E-state index contributed by atoms with van der Waals surface area (Å²) in [6.07, 6.45) is 2.13. The maximum atomic E-state index is 9.96. The third-order valence-corrected chi connectivity index (χ3v) is 5.07. The van der Waals surface area contributed by atoms with E-state index in [0.29, 0.717) is 16.9 Å². The van der Waals surface area contributed by atoms with Crippen molar-refractivity contribution in [2.45, 2.75) is 12.8 Å². The molecule has 1 aliphatic heterocycles. The monoisotopic (exact) mass is 365 g/mol. The molecule has 136 valence electrons. The van der Waals surface area contributed by atoms with Gasteiger partial charge in [-0.25, -0.2) is 9.83 Å². The van der Waals surface area contributed by atoms with Crippen LogP contribution in [0.4, 0.5) is 17.3 Å². The number of nitrogen functional groups attached to an aromatic ring is 1. The number of nitrogens with zero attached hydrogens (tertiary/aromatic N) is 4. The van der Waals surface area contributed by atoms with Crippen molar-refractivity contribution in [2.75, 3.05) is 23.7 Å². The quantitative estimate of drug-likeness (QED) is 0.662. The highest BCUT2D eigenvalue weighted by Gasteiger charge is 2.25. The molecule has 0 saturated carbocycles. The minimum absolute atomic E-state index is 0.177. The first-order valence-corrected chi connectivity index (χ1v) is 9.24. The fourth-order valence-corrected chi connectivity index (χ4v) is 3.72. The zero-order valence-corrected chi connectivity index (χ0v) is 15.4. The molecular formula is C23H19N5. The minimum Gasteiger partial charge on any atom is -0.392 e. The van der Waals surface area contributed by atoms with E-state index in [1.54, 1.807) is 0 Å². The van der Waals surface area contributed by atoms with Crippen molar-refractivity contribution in [3.8, 4) is 28.3 Å². The molecule has 0 aliphatic carbocycles. The summed E-state index contributed by atoms with van der Waals surface area (Å²) in [5.41, 5.74) is 10.3. The Hall–Kier alpha value is -3.83. The molecule has 2 N–H and O–H groups in total. The molecule has 0 atom stereocenters. The van der Waals surface area contributed by atoms with Crippen LogP contribution in [0.1, 0.15) is 18.4 Å². The number of anilines is 2. The predicted molar refractivity (Wildman–Crippen MR) is 112 cm³/mol. The van der Waals surface area contributed by atoms with E-state index in [1.807, 2.05) is 54.6 Å². The molecule has 1 saturated heterocycles. The third-order valence-electron chi connectivity index (χ3n) is 5.07. The summed E-state index contributed by atoms with van der Waals surface area (Å²) >= 11 is 0. The van der Waals surface area contributed by atoms with Crippen LogP contribution in [0.2, 0.25) is 0 Å². The average molecular weight is 365 g/mol. The molecule has 3 aromatic rings. The van der Waals surface area contributed by atoms with E-state index in [0.717, 1.165) is 42.6 Å². The van der Waals surface area contributed by atoms with Gasteiger partial charge in [-0.3, -0.25) is 0 Å². The van der Waals surface area contributed by atoms with E-state index in [9.17, 15) is 5.26 Å². The van der Waals surface area contributed by atoms with Crippen LogP contribution in [0, 0.1) is 17.9 Å². The molecule has 0 bridgehead atoms. The molecule has 0 spiro atoms. The summed E-state index contributed by atoms with van der Waals surface area (Å²) in [4.78, 5) is 10.1. The minimum atomic E-state index is 0.177. The Balaban J connectivity index is 1.94. The standard InChI is InChI=1S/C23H19N5/c1-26-21-20(18-11-7-10-17(14-18)16-8-3-2-4-9-16)19(15-24)23(27-22(21)25)28-12-5-6-13-28/h2-4,7-11,14H,5-6,12-13H2,(H2,25,27). The Labute approximate surface area is 164 Å². The number of benzene rings is 2. The lowest BCUT2D eigenvalue weighted by atomic mass is 9.95. The van der Waals surface area contributed by atoms with Gasteiger partial charge in [0.05, 0.1) is 12.1 Å². The maximum Gasteiger partial charge on any atom is 0.237 e. The summed E-state index contributed by atoms with van der Waals surface area (Å²) < 4.78 is 0. The molecule has 0 amide bonds. The van der Waals surface area contributed by atoms with Crippen LogP contribution in [0.25, 0.3) is 27.1 Å². The van der Waals surface area contributed by atoms with Gasteiger partial charge in [-0.1, -0.05) is 48.5 Å². The van der Waals surface area contributed by atoms with Gasteiger partial charge in [0.2, 0.25) is 5.69 Å². The first-order valence-electron chi connectivity index (χ1n) is 9.24. The Bertz CT molecular complexity index is 1100. The van der Waals surface area contributed by atoms with Gasteiger partial charge in [-0.05, 0) is 35.6 Å². The largest absolute Gasteiger partial charge is 0.392 e. The lowest BCUT2D eigenvalue weighted by Gasteiger charge is -2.21. The summed E-state index contributed by atoms with van der Waals surface area (Å²) in [6, 6.07) is 20.2. The van der Waals surface area contributed by atoms with Crippen molar-refractivity contribution in [2.24, 2.45) is 0 Å². The number of aromatic nitrogens is 1. The third kappa shape index (κ3) is 3.04. The summed E-state index contributed by atoms with van der Waals surface area (Å²) in [5.74, 6) is 0.765. The van der Waals surface area contributed by atoms with Gasteiger partial charge < -0.3 is 10.6 Å². The average Bonchev–Trinajstić information content (AvgIpc) is 3.28. The van der Waals surface area contributed by atoms with Crippen LogP contribution in [0.5, 0.6) is 0 Å².